The molecule has 2 atom stereocenters. The summed E-state index contributed by atoms with van der Waals surface area (Å²) in [5.41, 5.74) is 0. The molecule has 0 amide bonds. The summed E-state index contributed by atoms with van der Waals surface area (Å²) in [6.07, 6.45) is 7.36. The van der Waals surface area contributed by atoms with Crippen LogP contribution in [0.4, 0.5) is 0 Å². The van der Waals surface area contributed by atoms with E-state index in [1.54, 1.807) is 0 Å². The van der Waals surface area contributed by atoms with Crippen LogP contribution >= 0.6 is 0 Å². The Hall–Kier alpha value is -0.300. The first-order valence-corrected chi connectivity index (χ1v) is 4.51. The standard InChI is InChI=1S/C10H20O/c1-4-6-7-8-10(5-2)9(3)11/h4,6,9-11H,5,7-8H2,1-3H3/b6-4+. The molecule has 0 rings (SSSR count). The van der Waals surface area contributed by atoms with Gasteiger partial charge in [0.05, 0.1) is 6.10 Å². The number of aliphatic hydroxyl groups is 1. The lowest BCUT2D eigenvalue weighted by Crippen LogP contribution is -2.15. The third kappa shape index (κ3) is 5.02. The van der Waals surface area contributed by atoms with Crippen molar-refractivity contribution in [1.29, 1.82) is 0 Å². The minimum atomic E-state index is -0.148. The monoisotopic (exact) mass is 156 g/mol. The van der Waals surface area contributed by atoms with Crippen molar-refractivity contribution in [2.45, 2.75) is 46.1 Å². The van der Waals surface area contributed by atoms with Gasteiger partial charge >= 0.3 is 0 Å². The average molecular weight is 156 g/mol. The zero-order chi connectivity index (χ0) is 8.69. The molecule has 1 nitrogen and oxygen atoms in total. The van der Waals surface area contributed by atoms with Crippen LogP contribution < -0.4 is 0 Å². The lowest BCUT2D eigenvalue weighted by Gasteiger charge is -2.16. The van der Waals surface area contributed by atoms with E-state index in [1.165, 1.54) is 0 Å². The Labute approximate surface area is 70.1 Å². The van der Waals surface area contributed by atoms with Crippen LogP contribution in [0.1, 0.15) is 40.0 Å². The number of hydrogen-bond acceptors (Lipinski definition) is 1. The zero-order valence-corrected chi connectivity index (χ0v) is 7.88. The molecule has 0 aliphatic rings. The third-order valence-electron chi connectivity index (χ3n) is 2.15. The van der Waals surface area contributed by atoms with Crippen LogP contribution in [-0.4, -0.2) is 11.2 Å². The first-order valence-electron chi connectivity index (χ1n) is 4.51. The second kappa shape index (κ2) is 6.41. The predicted octanol–water partition coefficient (Wildman–Crippen LogP) is 2.75. The average Bonchev–Trinajstić information content (AvgIpc) is 1.97. The van der Waals surface area contributed by atoms with Crippen molar-refractivity contribution >= 4 is 0 Å². The topological polar surface area (TPSA) is 20.2 Å². The quantitative estimate of drug-likeness (QED) is 0.607. The van der Waals surface area contributed by atoms with Crippen molar-refractivity contribution in [3.05, 3.63) is 12.2 Å². The molecule has 0 aromatic heterocycles. The minimum Gasteiger partial charge on any atom is -0.393 e. The van der Waals surface area contributed by atoms with Crippen molar-refractivity contribution in [3.63, 3.8) is 0 Å². The molecule has 0 aromatic rings. The highest BCUT2D eigenvalue weighted by molar-refractivity contribution is 4.78. The minimum absolute atomic E-state index is 0.148. The van der Waals surface area contributed by atoms with Crippen LogP contribution in [0.3, 0.4) is 0 Å². The second-order valence-corrected chi connectivity index (χ2v) is 3.06. The normalized spacial score (nSPS) is 17.1. The van der Waals surface area contributed by atoms with Gasteiger partial charge in [0.2, 0.25) is 0 Å². The van der Waals surface area contributed by atoms with Crippen molar-refractivity contribution in [2.24, 2.45) is 5.92 Å². The molecule has 1 heteroatoms. The Morgan fingerprint density at radius 1 is 1.45 bits per heavy atom. The van der Waals surface area contributed by atoms with E-state index in [0.29, 0.717) is 5.92 Å². The highest BCUT2D eigenvalue weighted by Crippen LogP contribution is 2.15. The van der Waals surface area contributed by atoms with Gasteiger partial charge in [0.15, 0.2) is 0 Å². The van der Waals surface area contributed by atoms with Gasteiger partial charge in [0.1, 0.15) is 0 Å². The molecular formula is C10H20O. The lowest BCUT2D eigenvalue weighted by atomic mass is 9.95. The van der Waals surface area contributed by atoms with Crippen LogP contribution in [-0.2, 0) is 0 Å². The first-order chi connectivity index (χ1) is 5.22. The fraction of sp³-hybridized carbons (Fsp3) is 0.800. The second-order valence-electron chi connectivity index (χ2n) is 3.06. The van der Waals surface area contributed by atoms with E-state index in [1.807, 2.05) is 13.8 Å². The summed E-state index contributed by atoms with van der Waals surface area (Å²) in [5, 5.41) is 9.29. The molecule has 0 aliphatic heterocycles. The highest BCUT2D eigenvalue weighted by atomic mass is 16.3. The van der Waals surface area contributed by atoms with Crippen LogP contribution in [0.5, 0.6) is 0 Å². The molecule has 0 saturated heterocycles. The maximum atomic E-state index is 9.29. The van der Waals surface area contributed by atoms with Crippen LogP contribution in [0.25, 0.3) is 0 Å². The van der Waals surface area contributed by atoms with Gasteiger partial charge in [0.25, 0.3) is 0 Å². The highest BCUT2D eigenvalue weighted by Gasteiger charge is 2.10. The molecule has 66 valence electrons. The zero-order valence-electron chi connectivity index (χ0n) is 7.88. The van der Waals surface area contributed by atoms with Gasteiger partial charge < -0.3 is 5.11 Å². The Morgan fingerprint density at radius 2 is 2.09 bits per heavy atom. The van der Waals surface area contributed by atoms with Crippen molar-refractivity contribution in [1.82, 2.24) is 0 Å². The van der Waals surface area contributed by atoms with Gasteiger partial charge in [-0.1, -0.05) is 25.5 Å². The summed E-state index contributed by atoms with van der Waals surface area (Å²) in [4.78, 5) is 0. The fourth-order valence-corrected chi connectivity index (χ4v) is 1.26. The van der Waals surface area contributed by atoms with E-state index in [2.05, 4.69) is 19.1 Å². The smallest absolute Gasteiger partial charge is 0.0540 e. The Balaban J connectivity index is 3.52. The van der Waals surface area contributed by atoms with Gasteiger partial charge in [-0.15, -0.1) is 0 Å². The van der Waals surface area contributed by atoms with E-state index in [4.69, 9.17) is 0 Å². The van der Waals surface area contributed by atoms with Crippen LogP contribution in [0, 0.1) is 5.92 Å². The maximum Gasteiger partial charge on any atom is 0.0540 e. The summed E-state index contributed by atoms with van der Waals surface area (Å²) in [5.74, 6) is 0.478. The van der Waals surface area contributed by atoms with Crippen molar-refractivity contribution in [2.75, 3.05) is 0 Å². The van der Waals surface area contributed by atoms with Gasteiger partial charge in [0, 0.05) is 0 Å². The Bertz CT molecular complexity index is 105. The van der Waals surface area contributed by atoms with E-state index in [0.717, 1.165) is 19.3 Å². The van der Waals surface area contributed by atoms with E-state index in [9.17, 15) is 5.11 Å². The largest absolute Gasteiger partial charge is 0.393 e. The fourth-order valence-electron chi connectivity index (χ4n) is 1.26. The number of hydrogen-bond donors (Lipinski definition) is 1. The number of rotatable bonds is 5. The van der Waals surface area contributed by atoms with Crippen LogP contribution in [0.2, 0.25) is 0 Å². The maximum absolute atomic E-state index is 9.29. The molecule has 0 spiro atoms. The van der Waals surface area contributed by atoms with Gasteiger partial charge in [-0.2, -0.15) is 0 Å². The Morgan fingerprint density at radius 3 is 2.45 bits per heavy atom. The molecule has 0 heterocycles. The van der Waals surface area contributed by atoms with Gasteiger partial charge in [-0.25, -0.2) is 0 Å². The Kier molecular flexibility index (Phi) is 6.24. The SMILES string of the molecule is C/C=C/CCC(CC)C(C)O. The summed E-state index contributed by atoms with van der Waals surface area (Å²) in [6.45, 7) is 6.04. The molecule has 0 aromatic carbocycles. The summed E-state index contributed by atoms with van der Waals surface area (Å²) in [6, 6.07) is 0. The summed E-state index contributed by atoms with van der Waals surface area (Å²) in [7, 11) is 0. The van der Waals surface area contributed by atoms with Crippen molar-refractivity contribution < 1.29 is 5.11 Å². The molecule has 0 radical (unpaired) electrons. The van der Waals surface area contributed by atoms with Gasteiger partial charge in [-0.05, 0) is 32.6 Å². The van der Waals surface area contributed by atoms with E-state index in [-0.39, 0.29) is 6.10 Å². The number of allylic oxidation sites excluding steroid dienone is 2. The molecule has 0 saturated carbocycles. The molecular weight excluding hydrogens is 136 g/mol. The molecule has 11 heavy (non-hydrogen) atoms. The van der Waals surface area contributed by atoms with Gasteiger partial charge in [-0.3, -0.25) is 0 Å². The number of aliphatic hydroxyl groups excluding tert-OH is 1. The summed E-state index contributed by atoms with van der Waals surface area (Å²) < 4.78 is 0. The molecule has 2 unspecified atom stereocenters. The molecule has 0 aliphatic carbocycles. The first kappa shape index (κ1) is 10.7. The molecule has 0 bridgehead atoms. The van der Waals surface area contributed by atoms with Crippen LogP contribution in [0.15, 0.2) is 12.2 Å². The molecule has 1 N–H and O–H groups in total. The van der Waals surface area contributed by atoms with E-state index >= 15 is 0 Å². The lowest BCUT2D eigenvalue weighted by molar-refractivity contribution is 0.118. The third-order valence-corrected chi connectivity index (χ3v) is 2.15. The predicted molar refractivity (Wildman–Crippen MR) is 49.5 cm³/mol. The van der Waals surface area contributed by atoms with E-state index < -0.39 is 0 Å². The molecule has 0 fully saturated rings. The summed E-state index contributed by atoms with van der Waals surface area (Å²) >= 11 is 0. The van der Waals surface area contributed by atoms with Crippen molar-refractivity contribution in [3.8, 4) is 0 Å².